The molecule has 5 nitrogen and oxygen atoms in total. The van der Waals surface area contributed by atoms with Crippen LogP contribution >= 0.6 is 0 Å². The normalized spacial score (nSPS) is 11.4. The van der Waals surface area contributed by atoms with Crippen LogP contribution in [0.1, 0.15) is 19.2 Å². The van der Waals surface area contributed by atoms with Gasteiger partial charge in [0.2, 0.25) is 0 Å². The average molecular weight is 238 g/mol. The molecule has 5 heteroatoms. The third-order valence-corrected chi connectivity index (χ3v) is 2.43. The number of aromatic nitrogens is 3. The van der Waals surface area contributed by atoms with E-state index in [1.165, 1.54) is 0 Å². The quantitative estimate of drug-likeness (QED) is 0.515. The van der Waals surface area contributed by atoms with Crippen LogP contribution in [0.15, 0.2) is 18.5 Å². The Labute approximate surface area is 103 Å². The first-order valence-electron chi connectivity index (χ1n) is 6.09. The van der Waals surface area contributed by atoms with Gasteiger partial charge in [-0.2, -0.15) is 5.10 Å². The van der Waals surface area contributed by atoms with Crippen LogP contribution in [0, 0.1) is 0 Å². The second kappa shape index (κ2) is 8.90. The van der Waals surface area contributed by atoms with E-state index in [9.17, 15) is 0 Å². The molecule has 0 aliphatic rings. The van der Waals surface area contributed by atoms with Gasteiger partial charge in [-0.05, 0) is 19.9 Å². The molecule has 0 spiro atoms. The SMILES string of the molecule is CCn1ncnc1CC=CCCNCCOC. The smallest absolute Gasteiger partial charge is 0.138 e. The fourth-order valence-electron chi connectivity index (χ4n) is 1.50. The summed E-state index contributed by atoms with van der Waals surface area (Å²) in [4.78, 5) is 4.21. The van der Waals surface area contributed by atoms with Gasteiger partial charge in [0, 0.05) is 26.6 Å². The Balaban J connectivity index is 2.09. The van der Waals surface area contributed by atoms with Crippen molar-refractivity contribution >= 4 is 0 Å². The summed E-state index contributed by atoms with van der Waals surface area (Å²) in [6.45, 7) is 5.61. The van der Waals surface area contributed by atoms with Crippen LogP contribution in [-0.4, -0.2) is 41.6 Å². The first-order valence-corrected chi connectivity index (χ1v) is 6.09. The Hall–Kier alpha value is -1.20. The number of allylic oxidation sites excluding steroid dienone is 1. The summed E-state index contributed by atoms with van der Waals surface area (Å²) in [5, 5.41) is 7.42. The zero-order valence-electron chi connectivity index (χ0n) is 10.7. The highest BCUT2D eigenvalue weighted by Crippen LogP contribution is 1.96. The molecule has 0 bridgehead atoms. The van der Waals surface area contributed by atoms with Gasteiger partial charge in [0.25, 0.3) is 0 Å². The van der Waals surface area contributed by atoms with Gasteiger partial charge in [-0.25, -0.2) is 4.98 Å². The highest BCUT2D eigenvalue weighted by Gasteiger charge is 1.98. The summed E-state index contributed by atoms with van der Waals surface area (Å²) in [5.41, 5.74) is 0. The number of nitrogens with one attached hydrogen (secondary N) is 1. The van der Waals surface area contributed by atoms with Crippen LogP contribution in [0.4, 0.5) is 0 Å². The third-order valence-electron chi connectivity index (χ3n) is 2.43. The van der Waals surface area contributed by atoms with Crippen molar-refractivity contribution in [1.29, 1.82) is 0 Å². The van der Waals surface area contributed by atoms with Crippen LogP contribution in [0.25, 0.3) is 0 Å². The lowest BCUT2D eigenvalue weighted by molar-refractivity contribution is 0.199. The molecule has 0 atom stereocenters. The summed E-state index contributed by atoms with van der Waals surface area (Å²) in [5.74, 6) is 1.02. The van der Waals surface area contributed by atoms with E-state index in [4.69, 9.17) is 4.74 Å². The number of hydrogen-bond donors (Lipinski definition) is 1. The zero-order chi connectivity index (χ0) is 12.3. The Morgan fingerprint density at radius 1 is 1.41 bits per heavy atom. The Bertz CT molecular complexity index is 322. The van der Waals surface area contributed by atoms with E-state index in [1.54, 1.807) is 13.4 Å². The summed E-state index contributed by atoms with van der Waals surface area (Å²) < 4.78 is 6.86. The maximum absolute atomic E-state index is 4.95. The molecule has 1 heterocycles. The number of ether oxygens (including phenoxy) is 1. The Kier molecular flexibility index (Phi) is 7.25. The highest BCUT2D eigenvalue weighted by atomic mass is 16.5. The molecule has 0 saturated carbocycles. The van der Waals surface area contributed by atoms with Crippen LogP contribution < -0.4 is 5.32 Å². The van der Waals surface area contributed by atoms with Gasteiger partial charge in [-0.1, -0.05) is 12.2 Å². The lowest BCUT2D eigenvalue weighted by Gasteiger charge is -2.01. The largest absolute Gasteiger partial charge is 0.383 e. The van der Waals surface area contributed by atoms with E-state index in [2.05, 4.69) is 34.5 Å². The molecule has 0 fully saturated rings. The van der Waals surface area contributed by atoms with E-state index in [1.807, 2.05) is 4.68 Å². The molecule has 0 aliphatic carbocycles. The fraction of sp³-hybridized carbons (Fsp3) is 0.667. The molecule has 1 aromatic rings. The van der Waals surface area contributed by atoms with Crippen molar-refractivity contribution in [3.63, 3.8) is 0 Å². The molecule has 0 amide bonds. The molecule has 1 aromatic heterocycles. The van der Waals surface area contributed by atoms with Gasteiger partial charge in [-0.15, -0.1) is 0 Å². The minimum Gasteiger partial charge on any atom is -0.383 e. The minimum absolute atomic E-state index is 0.767. The van der Waals surface area contributed by atoms with Crippen LogP contribution in [0.5, 0.6) is 0 Å². The van der Waals surface area contributed by atoms with Gasteiger partial charge >= 0.3 is 0 Å². The summed E-state index contributed by atoms with van der Waals surface area (Å²) in [6, 6.07) is 0. The zero-order valence-corrected chi connectivity index (χ0v) is 10.7. The molecule has 0 aliphatic heterocycles. The summed E-state index contributed by atoms with van der Waals surface area (Å²) >= 11 is 0. The Morgan fingerprint density at radius 3 is 3.06 bits per heavy atom. The van der Waals surface area contributed by atoms with E-state index in [0.29, 0.717) is 0 Å². The molecule has 0 unspecified atom stereocenters. The monoisotopic (exact) mass is 238 g/mol. The van der Waals surface area contributed by atoms with Crippen molar-refractivity contribution in [3.8, 4) is 0 Å². The van der Waals surface area contributed by atoms with E-state index < -0.39 is 0 Å². The molecule has 17 heavy (non-hydrogen) atoms. The van der Waals surface area contributed by atoms with Crippen molar-refractivity contribution in [2.75, 3.05) is 26.8 Å². The van der Waals surface area contributed by atoms with Crippen molar-refractivity contribution in [2.24, 2.45) is 0 Å². The number of nitrogens with zero attached hydrogens (tertiary/aromatic N) is 3. The van der Waals surface area contributed by atoms with Gasteiger partial charge in [-0.3, -0.25) is 4.68 Å². The molecular formula is C12H22N4O. The maximum Gasteiger partial charge on any atom is 0.138 e. The fourth-order valence-corrected chi connectivity index (χ4v) is 1.50. The predicted molar refractivity (Wildman–Crippen MR) is 67.9 cm³/mol. The minimum atomic E-state index is 0.767. The van der Waals surface area contributed by atoms with Gasteiger partial charge in [0.05, 0.1) is 6.61 Å². The van der Waals surface area contributed by atoms with Crippen molar-refractivity contribution in [3.05, 3.63) is 24.3 Å². The molecule has 0 aromatic carbocycles. The molecule has 96 valence electrons. The standard InChI is InChI=1S/C12H22N4O/c1-3-16-12(14-11-15-16)7-5-4-6-8-13-9-10-17-2/h4-5,11,13H,3,6-10H2,1-2H3. The predicted octanol–water partition coefficient (Wildman–Crippen LogP) is 1.02. The lowest BCUT2D eigenvalue weighted by atomic mass is 10.3. The number of aryl methyl sites for hydroxylation is 1. The maximum atomic E-state index is 4.95. The van der Waals surface area contributed by atoms with E-state index in [0.717, 1.165) is 44.9 Å². The lowest BCUT2D eigenvalue weighted by Crippen LogP contribution is -2.19. The van der Waals surface area contributed by atoms with Crippen molar-refractivity contribution < 1.29 is 4.74 Å². The topological polar surface area (TPSA) is 52.0 Å². The van der Waals surface area contributed by atoms with Crippen LogP contribution in [0.2, 0.25) is 0 Å². The van der Waals surface area contributed by atoms with Crippen molar-refractivity contribution in [1.82, 2.24) is 20.1 Å². The third kappa shape index (κ3) is 5.60. The molecule has 0 radical (unpaired) electrons. The first-order chi connectivity index (χ1) is 8.38. The second-order valence-corrected chi connectivity index (χ2v) is 3.70. The van der Waals surface area contributed by atoms with Crippen LogP contribution in [0.3, 0.4) is 0 Å². The van der Waals surface area contributed by atoms with Gasteiger partial charge in [0.1, 0.15) is 12.2 Å². The second-order valence-electron chi connectivity index (χ2n) is 3.70. The number of methoxy groups -OCH3 is 1. The highest BCUT2D eigenvalue weighted by molar-refractivity contribution is 4.95. The number of rotatable bonds is 9. The summed E-state index contributed by atoms with van der Waals surface area (Å²) in [7, 11) is 1.71. The molecular weight excluding hydrogens is 216 g/mol. The average Bonchev–Trinajstić information content (AvgIpc) is 2.80. The van der Waals surface area contributed by atoms with Gasteiger partial charge < -0.3 is 10.1 Å². The van der Waals surface area contributed by atoms with Gasteiger partial charge in [0.15, 0.2) is 0 Å². The molecule has 1 N–H and O–H groups in total. The molecule has 0 saturated heterocycles. The van der Waals surface area contributed by atoms with Crippen molar-refractivity contribution in [2.45, 2.75) is 26.3 Å². The summed E-state index contributed by atoms with van der Waals surface area (Å²) in [6.07, 6.45) is 7.82. The Morgan fingerprint density at radius 2 is 2.29 bits per heavy atom. The van der Waals surface area contributed by atoms with E-state index >= 15 is 0 Å². The van der Waals surface area contributed by atoms with E-state index in [-0.39, 0.29) is 0 Å². The molecule has 1 rings (SSSR count). The van der Waals surface area contributed by atoms with Crippen LogP contribution in [-0.2, 0) is 17.7 Å². The first kappa shape index (κ1) is 13.9. The number of hydrogen-bond acceptors (Lipinski definition) is 4.